The highest BCUT2D eigenvalue weighted by Crippen LogP contribution is 2.33. The monoisotopic (exact) mass is 373 g/mol. The van der Waals surface area contributed by atoms with Crippen LogP contribution in [0.25, 0.3) is 0 Å². The summed E-state index contributed by atoms with van der Waals surface area (Å²) in [5.41, 5.74) is 5.55. The zero-order valence-electron chi connectivity index (χ0n) is 14.1. The van der Waals surface area contributed by atoms with E-state index in [9.17, 15) is 14.4 Å². The lowest BCUT2D eigenvalue weighted by atomic mass is 10.3. The highest BCUT2D eigenvalue weighted by molar-refractivity contribution is 7.99. The predicted molar refractivity (Wildman–Crippen MR) is 98.8 cm³/mol. The second kappa shape index (κ2) is 9.47. The third-order valence-electron chi connectivity index (χ3n) is 3.19. The molecule has 3 amide bonds. The molecule has 8 heteroatoms. The molecule has 7 nitrogen and oxygen atoms in total. The number of ether oxygens (including phenoxy) is 1. The minimum Gasteiger partial charge on any atom is -0.454 e. The molecule has 0 radical (unpaired) electrons. The molecule has 0 spiro atoms. The van der Waals surface area contributed by atoms with Crippen LogP contribution in [-0.2, 0) is 14.3 Å². The van der Waals surface area contributed by atoms with Crippen molar-refractivity contribution in [1.82, 2.24) is 5.32 Å². The van der Waals surface area contributed by atoms with Gasteiger partial charge in [0, 0.05) is 9.79 Å². The van der Waals surface area contributed by atoms with Gasteiger partial charge in [0.05, 0.1) is 5.69 Å². The Balaban J connectivity index is 1.93. The summed E-state index contributed by atoms with van der Waals surface area (Å²) in [6, 6.07) is 15.3. The largest absolute Gasteiger partial charge is 0.454 e. The van der Waals surface area contributed by atoms with Crippen LogP contribution in [0.1, 0.15) is 6.92 Å². The third-order valence-corrected chi connectivity index (χ3v) is 4.27. The molecule has 0 aromatic heterocycles. The van der Waals surface area contributed by atoms with Crippen LogP contribution in [0, 0.1) is 0 Å². The van der Waals surface area contributed by atoms with Crippen molar-refractivity contribution in [2.75, 3.05) is 11.9 Å². The Morgan fingerprint density at radius 1 is 1.08 bits per heavy atom. The fourth-order valence-corrected chi connectivity index (χ4v) is 2.92. The molecule has 0 heterocycles. The highest BCUT2D eigenvalue weighted by atomic mass is 32.2. The number of amides is 3. The number of carbonyl (C=O) groups is 3. The number of hydrogen-bond donors (Lipinski definition) is 3. The van der Waals surface area contributed by atoms with Gasteiger partial charge in [-0.05, 0) is 31.2 Å². The van der Waals surface area contributed by atoms with E-state index < -0.39 is 30.6 Å². The van der Waals surface area contributed by atoms with Crippen molar-refractivity contribution in [3.05, 3.63) is 54.6 Å². The first-order valence-electron chi connectivity index (χ1n) is 7.80. The first-order valence-corrected chi connectivity index (χ1v) is 8.61. The molecule has 0 aliphatic carbocycles. The number of carbonyl (C=O) groups excluding carboxylic acids is 3. The van der Waals surface area contributed by atoms with Crippen LogP contribution in [-0.4, -0.2) is 30.6 Å². The Bertz CT molecular complexity index is 783. The molecule has 0 bridgehead atoms. The lowest BCUT2D eigenvalue weighted by Crippen LogP contribution is -2.43. The van der Waals surface area contributed by atoms with E-state index in [0.29, 0.717) is 5.69 Å². The molecule has 0 aliphatic rings. The number of esters is 1. The van der Waals surface area contributed by atoms with E-state index in [1.54, 1.807) is 12.1 Å². The van der Waals surface area contributed by atoms with Crippen LogP contribution in [0.3, 0.4) is 0 Å². The van der Waals surface area contributed by atoms with Gasteiger partial charge in [-0.2, -0.15) is 0 Å². The van der Waals surface area contributed by atoms with E-state index in [-0.39, 0.29) is 0 Å². The number of urea groups is 1. The van der Waals surface area contributed by atoms with Gasteiger partial charge in [-0.3, -0.25) is 4.79 Å². The van der Waals surface area contributed by atoms with Crippen LogP contribution in [0.2, 0.25) is 0 Å². The number of primary amides is 1. The van der Waals surface area contributed by atoms with Gasteiger partial charge >= 0.3 is 12.0 Å². The predicted octanol–water partition coefficient (Wildman–Crippen LogP) is 2.38. The number of hydrogen-bond acceptors (Lipinski definition) is 5. The first kappa shape index (κ1) is 19.3. The van der Waals surface area contributed by atoms with Crippen LogP contribution < -0.4 is 16.4 Å². The SMILES string of the molecule is C[C@@H](NC(N)=O)C(=O)OCC(=O)Nc1ccccc1Sc1ccccc1. The number of rotatable bonds is 7. The van der Waals surface area contributed by atoms with Crippen molar-refractivity contribution in [2.24, 2.45) is 5.73 Å². The van der Waals surface area contributed by atoms with Gasteiger partial charge in [-0.15, -0.1) is 0 Å². The normalized spacial score (nSPS) is 11.3. The van der Waals surface area contributed by atoms with E-state index in [1.165, 1.54) is 18.7 Å². The maximum absolute atomic E-state index is 12.1. The van der Waals surface area contributed by atoms with E-state index in [2.05, 4.69) is 10.6 Å². The summed E-state index contributed by atoms with van der Waals surface area (Å²) in [7, 11) is 0. The third kappa shape index (κ3) is 6.14. The van der Waals surface area contributed by atoms with Crippen molar-refractivity contribution in [2.45, 2.75) is 22.8 Å². The van der Waals surface area contributed by atoms with Gasteiger partial charge in [0.25, 0.3) is 5.91 Å². The maximum atomic E-state index is 12.1. The average molecular weight is 373 g/mol. The second-order valence-corrected chi connectivity index (χ2v) is 6.41. The second-order valence-electron chi connectivity index (χ2n) is 5.30. The van der Waals surface area contributed by atoms with Crippen molar-refractivity contribution >= 4 is 35.4 Å². The molecule has 0 aliphatic heterocycles. The number of para-hydroxylation sites is 1. The van der Waals surface area contributed by atoms with Crippen molar-refractivity contribution < 1.29 is 19.1 Å². The molecule has 0 fully saturated rings. The molecular formula is C18H19N3O4S. The Morgan fingerprint density at radius 2 is 1.73 bits per heavy atom. The topological polar surface area (TPSA) is 111 Å². The standard InChI is InChI=1S/C18H19N3O4S/c1-12(20-18(19)24)17(23)25-11-16(22)21-14-9-5-6-10-15(14)26-13-7-3-2-4-8-13/h2-10,12H,11H2,1H3,(H,21,22)(H3,19,20,24)/t12-/m1/s1. The maximum Gasteiger partial charge on any atom is 0.328 e. The van der Waals surface area contributed by atoms with Crippen molar-refractivity contribution in [3.63, 3.8) is 0 Å². The van der Waals surface area contributed by atoms with E-state index in [0.717, 1.165) is 9.79 Å². The molecule has 0 saturated heterocycles. The lowest BCUT2D eigenvalue weighted by molar-refractivity contribution is -0.148. The van der Waals surface area contributed by atoms with Gasteiger partial charge in [0.15, 0.2) is 6.61 Å². The van der Waals surface area contributed by atoms with E-state index >= 15 is 0 Å². The number of anilines is 1. The lowest BCUT2D eigenvalue weighted by Gasteiger charge is -2.13. The van der Waals surface area contributed by atoms with Gasteiger partial charge in [-0.25, -0.2) is 9.59 Å². The molecule has 26 heavy (non-hydrogen) atoms. The molecule has 0 saturated carbocycles. The van der Waals surface area contributed by atoms with Gasteiger partial charge < -0.3 is 21.1 Å². The smallest absolute Gasteiger partial charge is 0.328 e. The van der Waals surface area contributed by atoms with Crippen molar-refractivity contribution in [1.29, 1.82) is 0 Å². The number of benzene rings is 2. The average Bonchev–Trinajstić information content (AvgIpc) is 2.61. The fraction of sp³-hybridized carbons (Fsp3) is 0.167. The Labute approximate surface area is 155 Å². The molecule has 2 aromatic rings. The summed E-state index contributed by atoms with van der Waals surface area (Å²) >= 11 is 1.51. The molecule has 2 aromatic carbocycles. The molecule has 1 atom stereocenters. The Kier molecular flexibility index (Phi) is 7.04. The number of nitrogens with one attached hydrogen (secondary N) is 2. The summed E-state index contributed by atoms with van der Waals surface area (Å²) in [5, 5.41) is 4.90. The van der Waals surface area contributed by atoms with E-state index in [1.807, 2.05) is 42.5 Å². The highest BCUT2D eigenvalue weighted by Gasteiger charge is 2.17. The van der Waals surface area contributed by atoms with Crippen LogP contribution in [0.15, 0.2) is 64.4 Å². The van der Waals surface area contributed by atoms with Crippen LogP contribution in [0.5, 0.6) is 0 Å². The van der Waals surface area contributed by atoms with Gasteiger partial charge in [0.2, 0.25) is 0 Å². The summed E-state index contributed by atoms with van der Waals surface area (Å²) in [6.07, 6.45) is 0. The summed E-state index contributed by atoms with van der Waals surface area (Å²) in [6.45, 7) is 0.949. The molecule has 4 N–H and O–H groups in total. The Hall–Kier alpha value is -3.00. The minimum atomic E-state index is -0.929. The van der Waals surface area contributed by atoms with E-state index in [4.69, 9.17) is 10.5 Å². The fourth-order valence-electron chi connectivity index (χ4n) is 1.99. The minimum absolute atomic E-state index is 0.464. The summed E-state index contributed by atoms with van der Waals surface area (Å²) in [4.78, 5) is 36.3. The number of nitrogens with two attached hydrogens (primary N) is 1. The Morgan fingerprint density at radius 3 is 2.42 bits per heavy atom. The first-order chi connectivity index (χ1) is 12.5. The van der Waals surface area contributed by atoms with Gasteiger partial charge in [-0.1, -0.05) is 42.1 Å². The van der Waals surface area contributed by atoms with Crippen molar-refractivity contribution in [3.8, 4) is 0 Å². The zero-order valence-corrected chi connectivity index (χ0v) is 14.9. The summed E-state index contributed by atoms with van der Waals surface area (Å²) < 4.78 is 4.87. The molecular weight excluding hydrogens is 354 g/mol. The van der Waals surface area contributed by atoms with Crippen LogP contribution >= 0.6 is 11.8 Å². The molecule has 0 unspecified atom stereocenters. The molecule has 136 valence electrons. The van der Waals surface area contributed by atoms with Crippen LogP contribution in [0.4, 0.5) is 10.5 Å². The molecule has 2 rings (SSSR count). The quantitative estimate of drug-likeness (QED) is 0.645. The summed E-state index contributed by atoms with van der Waals surface area (Å²) in [5.74, 6) is -1.23. The van der Waals surface area contributed by atoms with Gasteiger partial charge in [0.1, 0.15) is 6.04 Å². The zero-order chi connectivity index (χ0) is 18.9.